The second-order valence-corrected chi connectivity index (χ2v) is 6.62. The van der Waals surface area contributed by atoms with Gasteiger partial charge in [-0.2, -0.15) is 0 Å². The van der Waals surface area contributed by atoms with Crippen LogP contribution in [0, 0.1) is 0 Å². The van der Waals surface area contributed by atoms with E-state index in [2.05, 4.69) is 32.6 Å². The number of hydrogen-bond acceptors (Lipinski definition) is 4. The maximum Gasteiger partial charge on any atom is 0.128 e. The molecule has 0 aliphatic heterocycles. The number of benzene rings is 1. The Morgan fingerprint density at radius 3 is 2.26 bits per heavy atom. The average molecular weight is 323 g/mol. The molecule has 1 N–H and O–H groups in total. The molecule has 0 spiro atoms. The van der Waals surface area contributed by atoms with Crippen LogP contribution in [0.2, 0.25) is 0 Å². The minimum Gasteiger partial charge on any atom is -0.494 e. The first-order chi connectivity index (χ1) is 10.8. The molecule has 0 bridgehead atoms. The Bertz CT molecular complexity index is 468. The number of aliphatic hydroxyl groups is 1. The lowest BCUT2D eigenvalue weighted by Crippen LogP contribution is -2.42. The van der Waals surface area contributed by atoms with Gasteiger partial charge in [-0.3, -0.25) is 4.90 Å². The highest BCUT2D eigenvalue weighted by Crippen LogP contribution is 2.32. The van der Waals surface area contributed by atoms with Crippen LogP contribution in [0.5, 0.6) is 11.5 Å². The third kappa shape index (κ3) is 6.04. The topological polar surface area (TPSA) is 41.9 Å². The number of ether oxygens (including phenoxy) is 2. The molecule has 0 radical (unpaired) electrons. The van der Waals surface area contributed by atoms with Gasteiger partial charge in [0.05, 0.1) is 19.3 Å². The average Bonchev–Trinajstić information content (AvgIpc) is 2.47. The van der Waals surface area contributed by atoms with E-state index in [0.717, 1.165) is 24.4 Å². The maximum atomic E-state index is 10.6. The quantitative estimate of drug-likeness (QED) is 0.745. The Morgan fingerprint density at radius 2 is 1.74 bits per heavy atom. The molecule has 0 saturated heterocycles. The molecule has 0 aliphatic rings. The molecule has 1 aromatic rings. The Hall–Kier alpha value is -1.26. The van der Waals surface area contributed by atoms with Gasteiger partial charge in [0.1, 0.15) is 11.5 Å². The second-order valence-electron chi connectivity index (χ2n) is 6.62. The number of nitrogens with zero attached hydrogens (tertiary/aromatic N) is 1. The standard InChI is InChI=1S/C19H33NO3/c1-7-20(19(4,5)6)13-12-17(21)16-11-10-15(22-8-2)14-18(16)23-9-3/h10-11,14,17,21H,7-9,12-13H2,1-6H3. The van der Waals surface area contributed by atoms with Crippen molar-refractivity contribution in [3.63, 3.8) is 0 Å². The molecule has 0 amide bonds. The highest BCUT2D eigenvalue weighted by Gasteiger charge is 2.22. The van der Waals surface area contributed by atoms with Gasteiger partial charge >= 0.3 is 0 Å². The van der Waals surface area contributed by atoms with E-state index in [1.54, 1.807) is 0 Å². The predicted octanol–water partition coefficient (Wildman–Crippen LogP) is 4.03. The van der Waals surface area contributed by atoms with Gasteiger partial charge in [0.25, 0.3) is 0 Å². The summed E-state index contributed by atoms with van der Waals surface area (Å²) in [5.41, 5.74) is 0.941. The zero-order valence-corrected chi connectivity index (χ0v) is 15.6. The van der Waals surface area contributed by atoms with Crippen molar-refractivity contribution in [3.8, 4) is 11.5 Å². The van der Waals surface area contributed by atoms with E-state index >= 15 is 0 Å². The minimum atomic E-state index is -0.538. The number of aliphatic hydroxyl groups excluding tert-OH is 1. The molecule has 4 nitrogen and oxygen atoms in total. The summed E-state index contributed by atoms with van der Waals surface area (Å²) in [6.07, 6.45) is 0.141. The molecule has 0 saturated carbocycles. The second kappa shape index (κ2) is 9.14. The van der Waals surface area contributed by atoms with Gasteiger partial charge in [0.2, 0.25) is 0 Å². The van der Waals surface area contributed by atoms with Crippen LogP contribution in [-0.2, 0) is 0 Å². The number of rotatable bonds is 9. The van der Waals surface area contributed by atoms with E-state index in [4.69, 9.17) is 9.47 Å². The van der Waals surface area contributed by atoms with Crippen molar-refractivity contribution in [2.24, 2.45) is 0 Å². The molecule has 0 fully saturated rings. The third-order valence-electron chi connectivity index (χ3n) is 3.96. The highest BCUT2D eigenvalue weighted by atomic mass is 16.5. The van der Waals surface area contributed by atoms with E-state index in [-0.39, 0.29) is 5.54 Å². The SMILES string of the molecule is CCOc1ccc(C(O)CCN(CC)C(C)(C)C)c(OCC)c1. The van der Waals surface area contributed by atoms with Crippen LogP contribution < -0.4 is 9.47 Å². The summed E-state index contributed by atoms with van der Waals surface area (Å²) in [6, 6.07) is 5.67. The zero-order chi connectivity index (χ0) is 17.5. The van der Waals surface area contributed by atoms with Crippen molar-refractivity contribution >= 4 is 0 Å². The minimum absolute atomic E-state index is 0.107. The molecule has 1 unspecified atom stereocenters. The van der Waals surface area contributed by atoms with E-state index in [1.807, 2.05) is 32.0 Å². The summed E-state index contributed by atoms with van der Waals surface area (Å²) in [4.78, 5) is 2.37. The van der Waals surface area contributed by atoms with Crippen LogP contribution in [0.3, 0.4) is 0 Å². The van der Waals surface area contributed by atoms with Crippen LogP contribution >= 0.6 is 0 Å². The Morgan fingerprint density at radius 1 is 1.09 bits per heavy atom. The van der Waals surface area contributed by atoms with Gasteiger partial charge < -0.3 is 14.6 Å². The molecule has 132 valence electrons. The largest absolute Gasteiger partial charge is 0.494 e. The van der Waals surface area contributed by atoms with Gasteiger partial charge in [0, 0.05) is 23.7 Å². The van der Waals surface area contributed by atoms with Crippen molar-refractivity contribution in [1.29, 1.82) is 0 Å². The van der Waals surface area contributed by atoms with Gasteiger partial charge in [-0.25, -0.2) is 0 Å². The molecular weight excluding hydrogens is 290 g/mol. The molecule has 0 aromatic heterocycles. The smallest absolute Gasteiger partial charge is 0.128 e. The van der Waals surface area contributed by atoms with Gasteiger partial charge in [-0.1, -0.05) is 6.92 Å². The summed E-state index contributed by atoms with van der Waals surface area (Å²) in [7, 11) is 0. The van der Waals surface area contributed by atoms with Gasteiger partial charge in [-0.05, 0) is 59.7 Å². The Kier molecular flexibility index (Phi) is 7.86. The van der Waals surface area contributed by atoms with Crippen molar-refractivity contribution in [3.05, 3.63) is 23.8 Å². The normalized spacial score (nSPS) is 13.2. The van der Waals surface area contributed by atoms with E-state index < -0.39 is 6.10 Å². The summed E-state index contributed by atoms with van der Waals surface area (Å²) >= 11 is 0. The summed E-state index contributed by atoms with van der Waals surface area (Å²) in [5, 5.41) is 10.6. The molecule has 4 heteroatoms. The first-order valence-corrected chi connectivity index (χ1v) is 8.66. The van der Waals surface area contributed by atoms with Crippen LogP contribution in [0.25, 0.3) is 0 Å². The lowest BCUT2D eigenvalue weighted by atomic mass is 10.0. The molecule has 1 rings (SSSR count). The fourth-order valence-electron chi connectivity index (χ4n) is 2.73. The molecule has 1 aromatic carbocycles. The van der Waals surface area contributed by atoms with Crippen LogP contribution in [0.1, 0.15) is 59.6 Å². The fourth-order valence-corrected chi connectivity index (χ4v) is 2.73. The first kappa shape index (κ1) is 19.8. The van der Waals surface area contributed by atoms with Crippen molar-refractivity contribution in [2.75, 3.05) is 26.3 Å². The molecule has 23 heavy (non-hydrogen) atoms. The molecule has 0 aliphatic carbocycles. The maximum absolute atomic E-state index is 10.6. The molecule has 0 heterocycles. The third-order valence-corrected chi connectivity index (χ3v) is 3.96. The van der Waals surface area contributed by atoms with E-state index in [0.29, 0.717) is 25.4 Å². The number of hydrogen-bond donors (Lipinski definition) is 1. The first-order valence-electron chi connectivity index (χ1n) is 8.66. The van der Waals surface area contributed by atoms with E-state index in [9.17, 15) is 5.11 Å². The van der Waals surface area contributed by atoms with Crippen molar-refractivity contribution < 1.29 is 14.6 Å². The Balaban J connectivity index is 2.83. The van der Waals surface area contributed by atoms with Crippen molar-refractivity contribution in [2.45, 2.75) is 59.6 Å². The summed E-state index contributed by atoms with van der Waals surface area (Å²) in [5.74, 6) is 1.49. The van der Waals surface area contributed by atoms with Crippen LogP contribution in [-0.4, -0.2) is 41.8 Å². The lowest BCUT2D eigenvalue weighted by molar-refractivity contribution is 0.0981. The van der Waals surface area contributed by atoms with Crippen molar-refractivity contribution in [1.82, 2.24) is 4.90 Å². The fraction of sp³-hybridized carbons (Fsp3) is 0.684. The molecular formula is C19H33NO3. The monoisotopic (exact) mass is 323 g/mol. The summed E-state index contributed by atoms with van der Waals surface area (Å²) in [6.45, 7) is 15.7. The summed E-state index contributed by atoms with van der Waals surface area (Å²) < 4.78 is 11.2. The van der Waals surface area contributed by atoms with Gasteiger partial charge in [-0.15, -0.1) is 0 Å². The lowest BCUT2D eigenvalue weighted by Gasteiger charge is -2.35. The molecule has 1 atom stereocenters. The van der Waals surface area contributed by atoms with Crippen LogP contribution in [0.15, 0.2) is 18.2 Å². The predicted molar refractivity (Wildman–Crippen MR) is 95.4 cm³/mol. The van der Waals surface area contributed by atoms with E-state index in [1.165, 1.54) is 0 Å². The Labute approximate surface area is 141 Å². The zero-order valence-electron chi connectivity index (χ0n) is 15.6. The van der Waals surface area contributed by atoms with Gasteiger partial charge in [0.15, 0.2) is 0 Å². The highest BCUT2D eigenvalue weighted by molar-refractivity contribution is 5.42. The van der Waals surface area contributed by atoms with Crippen LogP contribution in [0.4, 0.5) is 0 Å².